The molecular formula is C21H17NO2. The molecule has 0 aliphatic rings. The van der Waals surface area contributed by atoms with Crippen molar-refractivity contribution in [3.63, 3.8) is 0 Å². The number of hydrogen-bond donors (Lipinski definition) is 1. The zero-order valence-corrected chi connectivity index (χ0v) is 13.3. The molecule has 0 fully saturated rings. The lowest BCUT2D eigenvalue weighted by Crippen LogP contribution is -1.82. The van der Waals surface area contributed by atoms with Crippen molar-refractivity contribution in [3.8, 4) is 5.75 Å². The summed E-state index contributed by atoms with van der Waals surface area (Å²) in [4.78, 5) is 14.7. The second-order valence-corrected chi connectivity index (χ2v) is 5.53. The maximum atomic E-state index is 10.5. The van der Waals surface area contributed by atoms with Crippen molar-refractivity contribution in [2.45, 2.75) is 6.92 Å². The van der Waals surface area contributed by atoms with E-state index in [2.05, 4.69) is 4.98 Å². The van der Waals surface area contributed by atoms with Gasteiger partial charge in [-0.3, -0.25) is 4.79 Å². The van der Waals surface area contributed by atoms with Crippen LogP contribution in [0.3, 0.4) is 0 Å². The summed E-state index contributed by atoms with van der Waals surface area (Å²) in [6.07, 6.45) is 0.867. The summed E-state index contributed by atoms with van der Waals surface area (Å²) in [5.41, 5.74) is 2.33. The fourth-order valence-corrected chi connectivity index (χ4v) is 2.51. The highest BCUT2D eigenvalue weighted by Gasteiger charge is 1.99. The number of aromatic nitrogens is 1. The third kappa shape index (κ3) is 3.41. The Morgan fingerprint density at radius 2 is 1.54 bits per heavy atom. The molecule has 0 spiro atoms. The number of aryl methyl sites for hydroxylation is 1. The van der Waals surface area contributed by atoms with Gasteiger partial charge in [0.1, 0.15) is 17.6 Å². The van der Waals surface area contributed by atoms with E-state index in [1.807, 2.05) is 73.7 Å². The molecule has 0 amide bonds. The minimum atomic E-state index is 0.246. The molecule has 0 saturated heterocycles. The number of hydrogen-bond acceptors (Lipinski definition) is 3. The summed E-state index contributed by atoms with van der Waals surface area (Å²) in [5, 5.41) is 12.7. The van der Waals surface area contributed by atoms with Crippen molar-refractivity contribution in [2.75, 3.05) is 0 Å². The molecule has 3 nitrogen and oxygen atoms in total. The van der Waals surface area contributed by atoms with Crippen LogP contribution in [-0.4, -0.2) is 16.4 Å². The smallest absolute Gasteiger partial charge is 0.150 e. The van der Waals surface area contributed by atoms with Crippen molar-refractivity contribution in [2.24, 2.45) is 0 Å². The van der Waals surface area contributed by atoms with Gasteiger partial charge in [0.15, 0.2) is 0 Å². The second kappa shape index (κ2) is 6.92. The van der Waals surface area contributed by atoms with E-state index in [1.165, 1.54) is 5.39 Å². The van der Waals surface area contributed by atoms with Crippen molar-refractivity contribution < 1.29 is 9.90 Å². The molecule has 1 aromatic heterocycles. The molecule has 3 aromatic carbocycles. The highest BCUT2D eigenvalue weighted by molar-refractivity contribution is 5.88. The summed E-state index contributed by atoms with van der Waals surface area (Å²) in [6, 6.07) is 23.0. The van der Waals surface area contributed by atoms with E-state index in [0.717, 1.165) is 28.3 Å². The number of pyridine rings is 1. The Bertz CT molecular complexity index is 1010. The van der Waals surface area contributed by atoms with Crippen LogP contribution in [0.1, 0.15) is 16.1 Å². The first-order valence-electron chi connectivity index (χ1n) is 7.67. The van der Waals surface area contributed by atoms with Crippen LogP contribution in [0.5, 0.6) is 5.75 Å². The molecule has 24 heavy (non-hydrogen) atoms. The van der Waals surface area contributed by atoms with Crippen LogP contribution < -0.4 is 0 Å². The van der Waals surface area contributed by atoms with Crippen molar-refractivity contribution >= 4 is 28.0 Å². The molecule has 4 rings (SSSR count). The molecule has 0 aliphatic heterocycles. The van der Waals surface area contributed by atoms with Gasteiger partial charge in [0.25, 0.3) is 0 Å². The molecule has 0 bridgehead atoms. The van der Waals surface area contributed by atoms with E-state index in [-0.39, 0.29) is 5.75 Å². The Kier molecular flexibility index (Phi) is 4.52. The molecule has 3 heteroatoms. The van der Waals surface area contributed by atoms with Gasteiger partial charge in [-0.1, -0.05) is 54.6 Å². The van der Waals surface area contributed by atoms with Crippen molar-refractivity contribution in [3.05, 3.63) is 84.1 Å². The van der Waals surface area contributed by atoms with Gasteiger partial charge in [0.05, 0.1) is 0 Å². The van der Waals surface area contributed by atoms with Crippen LogP contribution >= 0.6 is 0 Å². The van der Waals surface area contributed by atoms with E-state index in [0.29, 0.717) is 5.52 Å². The largest absolute Gasteiger partial charge is 0.506 e. The van der Waals surface area contributed by atoms with Crippen LogP contribution in [0.15, 0.2) is 72.8 Å². The first-order chi connectivity index (χ1) is 11.7. The van der Waals surface area contributed by atoms with Gasteiger partial charge in [-0.2, -0.15) is 0 Å². The molecule has 0 saturated carbocycles. The number of phenols is 1. The quantitative estimate of drug-likeness (QED) is 0.508. The first-order valence-corrected chi connectivity index (χ1v) is 7.67. The molecular weight excluding hydrogens is 298 g/mol. The average Bonchev–Trinajstić information content (AvgIpc) is 2.62. The van der Waals surface area contributed by atoms with Crippen LogP contribution in [0.4, 0.5) is 0 Å². The van der Waals surface area contributed by atoms with Gasteiger partial charge in [0, 0.05) is 16.6 Å². The monoisotopic (exact) mass is 315 g/mol. The fraction of sp³-hybridized carbons (Fsp3) is 0.0476. The normalized spacial score (nSPS) is 10.2. The Hall–Kier alpha value is -3.20. The van der Waals surface area contributed by atoms with Gasteiger partial charge in [0.2, 0.25) is 0 Å². The topological polar surface area (TPSA) is 50.2 Å². The summed E-state index contributed by atoms with van der Waals surface area (Å²) < 4.78 is 0. The third-order valence-electron chi connectivity index (χ3n) is 3.75. The predicted octanol–water partition coefficient (Wildman–Crippen LogP) is 4.90. The molecule has 118 valence electrons. The van der Waals surface area contributed by atoms with Gasteiger partial charge < -0.3 is 5.11 Å². The van der Waals surface area contributed by atoms with Crippen molar-refractivity contribution in [1.82, 2.24) is 4.98 Å². The number of phenolic OH excluding ortho intramolecular Hbond substituents is 1. The van der Waals surface area contributed by atoms with Crippen LogP contribution in [0.2, 0.25) is 0 Å². The lowest BCUT2D eigenvalue weighted by Gasteiger charge is -1.99. The van der Waals surface area contributed by atoms with E-state index < -0.39 is 0 Å². The number of aldehydes is 1. The number of carbonyl (C=O) groups excluding carboxylic acids is 1. The highest BCUT2D eigenvalue weighted by Crippen LogP contribution is 2.21. The summed E-state index contributed by atoms with van der Waals surface area (Å²) in [5.74, 6) is 0.246. The van der Waals surface area contributed by atoms with Gasteiger partial charge >= 0.3 is 0 Å². The summed E-state index contributed by atoms with van der Waals surface area (Å²) in [7, 11) is 0. The molecule has 0 atom stereocenters. The SMILES string of the molecule is Cc1ccc2cccc(O)c2n1.O=Cc1ccc2ccccc2c1. The average molecular weight is 315 g/mol. The number of carbonyl (C=O) groups is 1. The van der Waals surface area contributed by atoms with Crippen molar-refractivity contribution in [1.29, 1.82) is 0 Å². The highest BCUT2D eigenvalue weighted by atomic mass is 16.3. The van der Waals surface area contributed by atoms with E-state index >= 15 is 0 Å². The Morgan fingerprint density at radius 1 is 0.833 bits per heavy atom. The second-order valence-electron chi connectivity index (χ2n) is 5.53. The van der Waals surface area contributed by atoms with Gasteiger partial charge in [-0.25, -0.2) is 4.98 Å². The molecule has 0 unspecified atom stereocenters. The van der Waals surface area contributed by atoms with E-state index in [9.17, 15) is 9.90 Å². The minimum Gasteiger partial charge on any atom is -0.506 e. The van der Waals surface area contributed by atoms with Crippen LogP contribution in [-0.2, 0) is 0 Å². The zero-order chi connectivity index (χ0) is 16.9. The maximum Gasteiger partial charge on any atom is 0.150 e. The Morgan fingerprint density at radius 3 is 2.33 bits per heavy atom. The maximum absolute atomic E-state index is 10.5. The number of benzene rings is 3. The first kappa shape index (κ1) is 15.7. The number of fused-ring (bicyclic) bond motifs is 2. The molecule has 1 N–H and O–H groups in total. The molecule has 4 aromatic rings. The number of aromatic hydroxyl groups is 1. The summed E-state index contributed by atoms with van der Waals surface area (Å²) in [6.45, 7) is 1.91. The van der Waals surface area contributed by atoms with E-state index in [1.54, 1.807) is 6.07 Å². The van der Waals surface area contributed by atoms with Gasteiger partial charge in [-0.05, 0) is 35.9 Å². The lowest BCUT2D eigenvalue weighted by molar-refractivity contribution is 0.112. The van der Waals surface area contributed by atoms with E-state index in [4.69, 9.17) is 0 Å². The number of nitrogens with zero attached hydrogens (tertiary/aromatic N) is 1. The lowest BCUT2D eigenvalue weighted by atomic mass is 10.1. The zero-order valence-electron chi connectivity index (χ0n) is 13.3. The fourth-order valence-electron chi connectivity index (χ4n) is 2.51. The third-order valence-corrected chi connectivity index (χ3v) is 3.75. The summed E-state index contributed by atoms with van der Waals surface area (Å²) >= 11 is 0. The standard InChI is InChI=1S/C11H8O.C10H9NO/c12-8-9-5-6-10-3-1-2-4-11(10)7-9;1-7-5-6-8-3-2-4-9(12)10(8)11-7/h1-8H;2-6,12H,1H3. The number of para-hydroxylation sites is 1. The Labute approximate surface area is 140 Å². The van der Waals surface area contributed by atoms with Gasteiger partial charge in [-0.15, -0.1) is 0 Å². The predicted molar refractivity (Wildman–Crippen MR) is 97.5 cm³/mol. The molecule has 1 heterocycles. The van der Waals surface area contributed by atoms with Crippen LogP contribution in [0, 0.1) is 6.92 Å². The van der Waals surface area contributed by atoms with Crippen LogP contribution in [0.25, 0.3) is 21.7 Å². The number of rotatable bonds is 1. The Balaban J connectivity index is 0.000000141. The molecule has 0 radical (unpaired) electrons. The molecule has 0 aliphatic carbocycles. The minimum absolute atomic E-state index is 0.246.